The minimum atomic E-state index is 0.506. The number of halogens is 1. The molecule has 0 aliphatic heterocycles. The van der Waals surface area contributed by atoms with E-state index in [-0.39, 0.29) is 0 Å². The molecule has 5 heteroatoms. The fourth-order valence-electron chi connectivity index (χ4n) is 1.77. The normalized spacial score (nSPS) is 11.1. The van der Waals surface area contributed by atoms with E-state index in [1.807, 2.05) is 23.7 Å². The predicted octanol–water partition coefficient (Wildman–Crippen LogP) is 2.99. The largest absolute Gasteiger partial charge is 0.306 e. The number of likely N-dealkylation sites (N-methyl/N-ethyl adjacent to an activating group) is 1. The SMILES string of the molecule is CN(CCc1ccccn1)CCc1nc(CCl)cs1. The van der Waals surface area contributed by atoms with E-state index in [2.05, 4.69) is 28.0 Å². The van der Waals surface area contributed by atoms with Gasteiger partial charge in [0.15, 0.2) is 0 Å². The van der Waals surface area contributed by atoms with Crippen LogP contribution in [0.25, 0.3) is 0 Å². The first kappa shape index (κ1) is 14.4. The Morgan fingerprint density at radius 2 is 2.05 bits per heavy atom. The molecule has 0 unspecified atom stereocenters. The van der Waals surface area contributed by atoms with E-state index in [0.717, 1.165) is 37.3 Å². The van der Waals surface area contributed by atoms with Crippen LogP contribution in [0.3, 0.4) is 0 Å². The minimum absolute atomic E-state index is 0.506. The molecule has 0 fully saturated rings. The Labute approximate surface area is 123 Å². The maximum absolute atomic E-state index is 5.75. The first-order chi connectivity index (χ1) is 9.28. The highest BCUT2D eigenvalue weighted by Gasteiger charge is 2.04. The minimum Gasteiger partial charge on any atom is -0.306 e. The van der Waals surface area contributed by atoms with Crippen molar-refractivity contribution in [2.24, 2.45) is 0 Å². The van der Waals surface area contributed by atoms with Crippen LogP contribution in [0.2, 0.25) is 0 Å². The van der Waals surface area contributed by atoms with Crippen molar-refractivity contribution < 1.29 is 0 Å². The number of nitrogens with zero attached hydrogens (tertiary/aromatic N) is 3. The van der Waals surface area contributed by atoms with Crippen LogP contribution < -0.4 is 0 Å². The lowest BCUT2D eigenvalue weighted by Gasteiger charge is -2.15. The summed E-state index contributed by atoms with van der Waals surface area (Å²) in [5.41, 5.74) is 2.13. The Bertz CT molecular complexity index is 486. The number of hydrogen-bond donors (Lipinski definition) is 0. The molecule has 0 amide bonds. The number of thiazole rings is 1. The molecule has 102 valence electrons. The van der Waals surface area contributed by atoms with Gasteiger partial charge in [-0.15, -0.1) is 22.9 Å². The molecule has 0 atom stereocenters. The van der Waals surface area contributed by atoms with Gasteiger partial charge in [0, 0.05) is 43.2 Å². The van der Waals surface area contributed by atoms with E-state index in [9.17, 15) is 0 Å². The van der Waals surface area contributed by atoms with Crippen LogP contribution in [-0.4, -0.2) is 35.0 Å². The van der Waals surface area contributed by atoms with E-state index in [1.54, 1.807) is 11.3 Å². The molecule has 0 radical (unpaired) electrons. The maximum atomic E-state index is 5.75. The van der Waals surface area contributed by atoms with Crippen LogP contribution in [0.1, 0.15) is 16.4 Å². The molecule has 2 rings (SSSR count). The average Bonchev–Trinajstić information content (AvgIpc) is 2.92. The molecule has 0 saturated carbocycles. The lowest BCUT2D eigenvalue weighted by Crippen LogP contribution is -2.24. The smallest absolute Gasteiger partial charge is 0.0941 e. The number of alkyl halides is 1. The standard InChI is InChI=1S/C14H18ClN3S/c1-18(8-5-12-4-2-3-7-16-12)9-6-14-17-13(10-15)11-19-14/h2-4,7,11H,5-6,8-10H2,1H3. The monoisotopic (exact) mass is 295 g/mol. The van der Waals surface area contributed by atoms with Crippen molar-refractivity contribution in [1.82, 2.24) is 14.9 Å². The summed E-state index contributed by atoms with van der Waals surface area (Å²) in [6, 6.07) is 6.05. The predicted molar refractivity (Wildman–Crippen MR) is 80.8 cm³/mol. The quantitative estimate of drug-likeness (QED) is 0.735. The fourth-order valence-corrected chi connectivity index (χ4v) is 2.79. The van der Waals surface area contributed by atoms with Crippen molar-refractivity contribution in [3.63, 3.8) is 0 Å². The summed E-state index contributed by atoms with van der Waals surface area (Å²) >= 11 is 7.44. The molecule has 0 spiro atoms. The van der Waals surface area contributed by atoms with E-state index in [4.69, 9.17) is 11.6 Å². The Kier molecular flexibility index (Phi) is 5.76. The summed E-state index contributed by atoms with van der Waals surface area (Å²) in [6.07, 6.45) is 3.82. The van der Waals surface area contributed by atoms with E-state index >= 15 is 0 Å². The van der Waals surface area contributed by atoms with Crippen LogP contribution in [0.15, 0.2) is 29.8 Å². The Morgan fingerprint density at radius 1 is 1.21 bits per heavy atom. The molecule has 0 bridgehead atoms. The summed E-state index contributed by atoms with van der Waals surface area (Å²) in [5, 5.41) is 3.20. The zero-order chi connectivity index (χ0) is 13.5. The summed E-state index contributed by atoms with van der Waals surface area (Å²) in [7, 11) is 2.14. The molecule has 3 nitrogen and oxygen atoms in total. The van der Waals surface area contributed by atoms with Crippen molar-refractivity contribution in [2.75, 3.05) is 20.1 Å². The summed E-state index contributed by atoms with van der Waals surface area (Å²) < 4.78 is 0. The van der Waals surface area contributed by atoms with Gasteiger partial charge in [-0.1, -0.05) is 6.07 Å². The molecule has 0 aliphatic carbocycles. The van der Waals surface area contributed by atoms with Crippen molar-refractivity contribution in [1.29, 1.82) is 0 Å². The van der Waals surface area contributed by atoms with Crippen LogP contribution >= 0.6 is 22.9 Å². The van der Waals surface area contributed by atoms with Gasteiger partial charge in [-0.05, 0) is 19.2 Å². The van der Waals surface area contributed by atoms with Crippen molar-refractivity contribution in [3.8, 4) is 0 Å². The number of pyridine rings is 1. The maximum Gasteiger partial charge on any atom is 0.0941 e. The van der Waals surface area contributed by atoms with Gasteiger partial charge in [0.1, 0.15) is 0 Å². The van der Waals surface area contributed by atoms with Gasteiger partial charge in [0.25, 0.3) is 0 Å². The molecule has 0 aromatic carbocycles. The third-order valence-electron chi connectivity index (χ3n) is 2.92. The van der Waals surface area contributed by atoms with Gasteiger partial charge >= 0.3 is 0 Å². The summed E-state index contributed by atoms with van der Waals surface area (Å²) in [6.45, 7) is 2.03. The molecular formula is C14H18ClN3S. The van der Waals surface area contributed by atoms with Gasteiger partial charge in [0.2, 0.25) is 0 Å². The second-order valence-electron chi connectivity index (χ2n) is 4.49. The Morgan fingerprint density at radius 3 is 2.74 bits per heavy atom. The fraction of sp³-hybridized carbons (Fsp3) is 0.429. The zero-order valence-corrected chi connectivity index (χ0v) is 12.6. The van der Waals surface area contributed by atoms with E-state index < -0.39 is 0 Å². The first-order valence-electron chi connectivity index (χ1n) is 6.35. The van der Waals surface area contributed by atoms with E-state index in [1.165, 1.54) is 5.01 Å². The van der Waals surface area contributed by atoms with Gasteiger partial charge in [-0.3, -0.25) is 4.98 Å². The highest BCUT2D eigenvalue weighted by atomic mass is 35.5. The molecule has 2 aromatic heterocycles. The van der Waals surface area contributed by atoms with Gasteiger partial charge in [0.05, 0.1) is 16.6 Å². The van der Waals surface area contributed by atoms with Gasteiger partial charge in [-0.25, -0.2) is 4.98 Å². The van der Waals surface area contributed by atoms with Crippen molar-refractivity contribution >= 4 is 22.9 Å². The molecule has 0 aliphatic rings. The second-order valence-corrected chi connectivity index (χ2v) is 5.70. The van der Waals surface area contributed by atoms with Gasteiger partial charge in [-0.2, -0.15) is 0 Å². The molecule has 0 N–H and O–H groups in total. The summed E-state index contributed by atoms with van der Waals surface area (Å²) in [5.74, 6) is 0.506. The third kappa shape index (κ3) is 4.90. The number of rotatable bonds is 7. The molecular weight excluding hydrogens is 278 g/mol. The van der Waals surface area contributed by atoms with Gasteiger partial charge < -0.3 is 4.90 Å². The highest BCUT2D eigenvalue weighted by molar-refractivity contribution is 7.09. The van der Waals surface area contributed by atoms with Crippen LogP contribution in [0, 0.1) is 0 Å². The second kappa shape index (κ2) is 7.58. The van der Waals surface area contributed by atoms with E-state index in [0.29, 0.717) is 5.88 Å². The topological polar surface area (TPSA) is 29.0 Å². The van der Waals surface area contributed by atoms with Crippen molar-refractivity contribution in [2.45, 2.75) is 18.7 Å². The van der Waals surface area contributed by atoms with Crippen LogP contribution in [-0.2, 0) is 18.7 Å². The lowest BCUT2D eigenvalue weighted by molar-refractivity contribution is 0.341. The first-order valence-corrected chi connectivity index (χ1v) is 7.77. The Hall–Kier alpha value is -0.970. The van der Waals surface area contributed by atoms with Crippen LogP contribution in [0.4, 0.5) is 0 Å². The highest BCUT2D eigenvalue weighted by Crippen LogP contribution is 2.12. The van der Waals surface area contributed by atoms with Crippen molar-refractivity contribution in [3.05, 3.63) is 46.2 Å². The average molecular weight is 296 g/mol. The van der Waals surface area contributed by atoms with Crippen LogP contribution in [0.5, 0.6) is 0 Å². The molecule has 0 saturated heterocycles. The molecule has 2 heterocycles. The number of hydrogen-bond acceptors (Lipinski definition) is 4. The molecule has 2 aromatic rings. The molecule has 19 heavy (non-hydrogen) atoms. The summed E-state index contributed by atoms with van der Waals surface area (Å²) in [4.78, 5) is 11.1. The lowest BCUT2D eigenvalue weighted by atomic mass is 10.2. The Balaban J connectivity index is 1.71. The third-order valence-corrected chi connectivity index (χ3v) is 4.15. The zero-order valence-electron chi connectivity index (χ0n) is 11.1. The number of aromatic nitrogens is 2.